The minimum Gasteiger partial charge on any atom is -0.478 e. The fraction of sp³-hybridized carbons (Fsp3) is 0.135. The van der Waals surface area contributed by atoms with Crippen molar-refractivity contribution in [2.24, 2.45) is 0 Å². The lowest BCUT2D eigenvalue weighted by molar-refractivity contribution is -0.385. The molecule has 0 saturated heterocycles. The van der Waals surface area contributed by atoms with E-state index in [1.54, 1.807) is 218 Å². The van der Waals surface area contributed by atoms with E-state index in [1.807, 2.05) is 26.0 Å². The van der Waals surface area contributed by atoms with Crippen molar-refractivity contribution in [3.63, 3.8) is 0 Å². The molecule has 6 heterocycles. The number of anilines is 6. The number of nitro benzene ring substituents is 2. The first-order valence-corrected chi connectivity index (χ1v) is 43.1. The lowest BCUT2D eigenvalue weighted by Crippen LogP contribution is -2.17. The monoisotopic (exact) mass is 2050 g/mol. The maximum absolute atomic E-state index is 12.8. The molecule has 0 radical (unpaired) electrons. The standard InChI is InChI=1S/C24H18BrN5O2S.C17H14BrN3O3.C17H16BrN3O.C11H11NO2.C7H3ClN2OS.C7H4N2O2S.C6H5BrN2O2/c1-24(2,13-26)15-5-3-4-14(10-15)21(31)29-16-6-7-17(25)18(11-16)30-22(32)20-12-19-23(33-20)28-9-8-27-19;1-17(2,10-19)12-5-3-4-11(8-12)16(22)20-13-6-7-14(18)15(9-13)21(23)24;1-17(2,10-19)12-5-3-4-11(8-12)16(22)21-13-6-7-14(18)15(20)9-13;1-11(2,7-12)9-5-3-4-8(6-9)10(13)14;8-6(11)5-3-4-7(12-5)10-2-1-9-4;10-7(11)5-3-4-6(12-5)9-2-1-8-4;7-5-2-1-4(8)3-6(5)9(10)11/h3-12H,1-2H3,(H,29,31)(H,30,32);3-9H,1-2H3,(H,20,22);3-9H,20H2,1-2H3,(H,21,22);3-6H,1-2H3,(H,13,14);1-3H;1-3H,(H,10,11);1-3H,8H2. The van der Waals surface area contributed by atoms with E-state index in [2.05, 4.69) is 139 Å². The summed E-state index contributed by atoms with van der Waals surface area (Å²) >= 11 is 21.8. The molecule has 0 aliphatic heterocycles. The third kappa shape index (κ3) is 27.7. The number of hydrogen-bond donors (Lipinski definition) is 8. The number of hydrogen-bond acceptors (Lipinski definition) is 26. The van der Waals surface area contributed by atoms with Gasteiger partial charge in [-0.2, -0.15) is 21.0 Å². The summed E-state index contributed by atoms with van der Waals surface area (Å²) < 4.78 is 2.23. The quantitative estimate of drug-likeness (QED) is 0.0182. The summed E-state index contributed by atoms with van der Waals surface area (Å²) in [7, 11) is 0. The first-order valence-electron chi connectivity index (χ1n) is 37.1. The largest absolute Gasteiger partial charge is 0.478 e. The van der Waals surface area contributed by atoms with Crippen LogP contribution < -0.4 is 32.7 Å². The van der Waals surface area contributed by atoms with Crippen molar-refractivity contribution in [1.82, 2.24) is 29.9 Å². The van der Waals surface area contributed by atoms with Gasteiger partial charge in [-0.05, 0) is 280 Å². The number of benzene rings is 8. The molecule has 0 fully saturated rings. The highest BCUT2D eigenvalue weighted by Crippen LogP contribution is 2.35. The van der Waals surface area contributed by atoms with Crippen molar-refractivity contribution in [3.05, 3.63) is 322 Å². The van der Waals surface area contributed by atoms with Gasteiger partial charge in [0.25, 0.3) is 40.2 Å². The van der Waals surface area contributed by atoms with Gasteiger partial charge in [0.15, 0.2) is 0 Å². The Bertz CT molecular complexity index is 6600. The Morgan fingerprint density at radius 3 is 1.09 bits per heavy atom. The topological polar surface area (TPSA) is 519 Å². The first-order chi connectivity index (χ1) is 60.5. The van der Waals surface area contributed by atoms with Crippen LogP contribution in [0.2, 0.25) is 0 Å². The highest BCUT2D eigenvalue weighted by Gasteiger charge is 2.26. The van der Waals surface area contributed by atoms with Crippen molar-refractivity contribution in [2.45, 2.75) is 77.0 Å². The second kappa shape index (κ2) is 44.7. The van der Waals surface area contributed by atoms with Gasteiger partial charge in [0.2, 0.25) is 0 Å². The van der Waals surface area contributed by atoms with E-state index in [1.165, 1.54) is 59.1 Å². The maximum atomic E-state index is 12.8. The van der Waals surface area contributed by atoms with Crippen LogP contribution in [0.15, 0.2) is 243 Å². The van der Waals surface area contributed by atoms with Crippen LogP contribution in [0.5, 0.6) is 0 Å². The zero-order valence-corrected chi connectivity index (χ0v) is 77.9. The highest BCUT2D eigenvalue weighted by atomic mass is 79.9. The number of carbonyl (C=O) groups excluding carboxylic acids is 5. The number of carboxylic acids is 2. The molecule has 0 atom stereocenters. The molecular weight excluding hydrogens is 1980 g/mol. The summed E-state index contributed by atoms with van der Waals surface area (Å²) in [6.45, 7) is 14.3. The Labute approximate surface area is 781 Å². The number of thiophene rings is 3. The molecule has 8 aromatic carbocycles. The molecule has 0 spiro atoms. The first kappa shape index (κ1) is 99.4. The Kier molecular flexibility index (Phi) is 34.7. The SMILES string of the molecule is CC(C)(C#N)c1cccc(C(=O)Nc2ccc(Br)c(N)c2)c1.CC(C)(C#N)c1cccc(C(=O)Nc2ccc(Br)c(NC(=O)c3cc4nccnc4s3)c2)c1.CC(C)(C#N)c1cccc(C(=O)Nc2ccc(Br)c([N+](=O)[O-])c2)c1.CC(C)(C#N)c1cccc(C(=O)O)c1.Nc1ccc(Br)c([N+](=O)[O-])c1.O=C(Cl)c1cc2nccnc2s1.O=C(O)c1cc2nccnc2s1. The molecule has 128 heavy (non-hydrogen) atoms. The Balaban J connectivity index is 0.000000192. The average Bonchev–Trinajstić information content (AvgIpc) is 1.47. The molecule has 14 rings (SSSR count). The molecule has 0 aliphatic carbocycles. The molecule has 6 aromatic heterocycles. The van der Waals surface area contributed by atoms with Crippen LogP contribution in [-0.4, -0.2) is 90.8 Å². The van der Waals surface area contributed by atoms with Crippen molar-refractivity contribution in [3.8, 4) is 24.3 Å². The summed E-state index contributed by atoms with van der Waals surface area (Å²) in [5.74, 6) is -3.15. The number of nitrogens with zero attached hydrogens (tertiary/aromatic N) is 12. The second-order valence-electron chi connectivity index (χ2n) is 28.9. The molecule has 4 amide bonds. The van der Waals surface area contributed by atoms with Gasteiger partial charge in [-0.25, -0.2) is 24.5 Å². The smallest absolute Gasteiger partial charge is 0.346 e. The van der Waals surface area contributed by atoms with Crippen LogP contribution >= 0.6 is 109 Å². The van der Waals surface area contributed by atoms with E-state index < -0.39 is 54.6 Å². The average molecular weight is 2050 g/mol. The van der Waals surface area contributed by atoms with E-state index in [-0.39, 0.29) is 39.5 Å². The maximum Gasteiger partial charge on any atom is 0.346 e. The number of fused-ring (bicyclic) bond motifs is 3. The van der Waals surface area contributed by atoms with Gasteiger partial charge in [0, 0.05) is 103 Å². The number of nitrogens with two attached hydrogens (primary N) is 2. The van der Waals surface area contributed by atoms with E-state index in [0.29, 0.717) is 100 Å². The number of aromatic nitrogens is 6. The molecule has 14 aromatic rings. The molecule has 0 bridgehead atoms. The lowest BCUT2D eigenvalue weighted by atomic mass is 9.85. The fourth-order valence-electron chi connectivity index (χ4n) is 10.6. The summed E-state index contributed by atoms with van der Waals surface area (Å²) in [6, 6.07) is 60.1. The van der Waals surface area contributed by atoms with Crippen LogP contribution in [0, 0.1) is 65.6 Å². The van der Waals surface area contributed by atoms with Crippen molar-refractivity contribution in [2.75, 3.05) is 32.7 Å². The number of nitro groups is 2. The Morgan fingerprint density at radius 1 is 0.391 bits per heavy atom. The van der Waals surface area contributed by atoms with Crippen LogP contribution in [-0.2, 0) is 21.7 Å². The lowest BCUT2D eigenvalue weighted by Gasteiger charge is -2.16. The minimum atomic E-state index is -0.972. The number of rotatable bonds is 17. The third-order valence-electron chi connectivity index (χ3n) is 17.9. The number of halogens is 5. The van der Waals surface area contributed by atoms with Gasteiger partial charge < -0.3 is 42.9 Å². The predicted molar refractivity (Wildman–Crippen MR) is 507 cm³/mol. The Morgan fingerprint density at radius 2 is 0.719 bits per heavy atom. The van der Waals surface area contributed by atoms with Gasteiger partial charge in [-0.1, -0.05) is 48.5 Å². The van der Waals surface area contributed by atoms with Gasteiger partial charge >= 0.3 is 11.9 Å². The fourth-order valence-corrected chi connectivity index (χ4v) is 14.6. The molecule has 648 valence electrons. The summed E-state index contributed by atoms with van der Waals surface area (Å²) in [4.78, 5) is 130. The molecule has 10 N–H and O–H groups in total. The Hall–Kier alpha value is -14.1. The number of nitrogens with one attached hydrogen (secondary N) is 4. The van der Waals surface area contributed by atoms with Gasteiger partial charge in [0.05, 0.1) is 85.7 Å². The number of nitriles is 4. The highest BCUT2D eigenvalue weighted by molar-refractivity contribution is 9.11. The van der Waals surface area contributed by atoms with E-state index in [4.69, 9.17) is 38.5 Å². The van der Waals surface area contributed by atoms with Crippen molar-refractivity contribution >= 4 is 227 Å². The van der Waals surface area contributed by atoms with Crippen LogP contribution in [0.3, 0.4) is 0 Å². The zero-order chi connectivity index (χ0) is 94.1. The number of amides is 4. The van der Waals surface area contributed by atoms with Crippen molar-refractivity contribution in [1.29, 1.82) is 21.0 Å². The molecule has 0 unspecified atom stereocenters. The van der Waals surface area contributed by atoms with Crippen LogP contribution in [0.4, 0.5) is 45.5 Å². The number of nitrogen functional groups attached to an aromatic ring is 2. The second-order valence-corrected chi connectivity index (χ2v) is 35.7. The van der Waals surface area contributed by atoms with Crippen LogP contribution in [0.1, 0.15) is 148 Å². The van der Waals surface area contributed by atoms with Gasteiger partial charge in [-0.3, -0.25) is 59.2 Å². The molecule has 0 aliphatic rings. The zero-order valence-electron chi connectivity index (χ0n) is 68.4. The molecule has 39 heteroatoms. The van der Waals surface area contributed by atoms with E-state index in [9.17, 15) is 69.6 Å². The molecule has 31 nitrogen and oxygen atoms in total. The summed E-state index contributed by atoms with van der Waals surface area (Å²) in [5, 5.41) is 86.0. The van der Waals surface area contributed by atoms with E-state index in [0.717, 1.165) is 42.9 Å². The van der Waals surface area contributed by atoms with Crippen molar-refractivity contribution < 1.29 is 53.6 Å². The number of carbonyl (C=O) groups is 7. The predicted octanol–water partition coefficient (Wildman–Crippen LogP) is 21.8. The van der Waals surface area contributed by atoms with E-state index >= 15 is 0 Å². The summed E-state index contributed by atoms with van der Waals surface area (Å²) in [5.41, 5.74) is 17.8. The number of carboxylic acid groups (broad SMARTS) is 2. The number of aromatic carboxylic acids is 2. The third-order valence-corrected chi connectivity index (χ3v) is 24.1. The minimum absolute atomic E-state index is 0.00926. The molecular formula is C89H71Br4ClN18O13S3. The molecule has 0 saturated carbocycles. The van der Waals surface area contributed by atoms with Crippen LogP contribution in [0.25, 0.3) is 31.0 Å². The van der Waals surface area contributed by atoms with Gasteiger partial charge in [0.1, 0.15) is 35.9 Å². The summed E-state index contributed by atoms with van der Waals surface area (Å²) in [6.07, 6.45) is 9.42. The normalized spacial score (nSPS) is 10.7. The van der Waals surface area contributed by atoms with Gasteiger partial charge in [-0.15, -0.1) is 34.0 Å².